The van der Waals surface area contributed by atoms with Crippen LogP contribution in [0.3, 0.4) is 0 Å². The molecule has 0 atom stereocenters. The van der Waals surface area contributed by atoms with E-state index in [4.69, 9.17) is 23.4 Å². The number of nitro groups is 1. The van der Waals surface area contributed by atoms with Crippen molar-refractivity contribution in [1.29, 1.82) is 0 Å². The molecular weight excluding hydrogens is 468 g/mol. The summed E-state index contributed by atoms with van der Waals surface area (Å²) < 4.78 is 27.2. The zero-order chi connectivity index (χ0) is 25.5. The van der Waals surface area contributed by atoms with Gasteiger partial charge in [-0.2, -0.15) is 0 Å². The molecular formula is C26H22N2O8. The first-order valence-electron chi connectivity index (χ1n) is 10.7. The minimum absolute atomic E-state index is 0.0208. The second-order valence-corrected chi connectivity index (χ2v) is 7.43. The highest BCUT2D eigenvalue weighted by atomic mass is 16.6. The average molecular weight is 490 g/mol. The molecule has 4 rings (SSSR count). The van der Waals surface area contributed by atoms with Crippen LogP contribution in [0.1, 0.15) is 16.3 Å². The van der Waals surface area contributed by atoms with Crippen molar-refractivity contribution in [3.05, 3.63) is 100 Å². The lowest BCUT2D eigenvalue weighted by molar-refractivity contribution is -0.384. The van der Waals surface area contributed by atoms with E-state index >= 15 is 0 Å². The summed E-state index contributed by atoms with van der Waals surface area (Å²) in [5, 5.41) is 14.0. The number of anilines is 1. The quantitative estimate of drug-likeness (QED) is 0.218. The fourth-order valence-corrected chi connectivity index (χ4v) is 3.20. The standard InChI is InChI=1S/C26H22N2O8/c1-32-19-3-7-21(8-4-19)34-16-23-11-12-25(36-23)26(29)27-17-13-18(28(30)31)15-24(14-17)35-22-9-5-20(33-2)6-10-22/h3-15H,16H2,1-2H3,(H,27,29). The minimum atomic E-state index is -0.582. The van der Waals surface area contributed by atoms with E-state index in [2.05, 4.69) is 5.32 Å². The van der Waals surface area contributed by atoms with E-state index in [1.54, 1.807) is 68.8 Å². The number of benzene rings is 3. The van der Waals surface area contributed by atoms with Crippen LogP contribution in [0.25, 0.3) is 0 Å². The third kappa shape index (κ3) is 6.11. The Bertz CT molecular complexity index is 1350. The number of carbonyl (C=O) groups is 1. The molecule has 0 aliphatic heterocycles. The second-order valence-electron chi connectivity index (χ2n) is 7.43. The first kappa shape index (κ1) is 24.1. The van der Waals surface area contributed by atoms with E-state index in [-0.39, 0.29) is 29.5 Å². The van der Waals surface area contributed by atoms with Crippen molar-refractivity contribution in [2.75, 3.05) is 19.5 Å². The molecule has 0 spiro atoms. The Labute approximate surface area is 206 Å². The van der Waals surface area contributed by atoms with Gasteiger partial charge in [0, 0.05) is 12.1 Å². The number of methoxy groups -OCH3 is 2. The van der Waals surface area contributed by atoms with Crippen LogP contribution in [0.15, 0.2) is 83.3 Å². The summed E-state index contributed by atoms with van der Waals surface area (Å²) in [5.74, 6) is 2.45. The molecule has 10 heteroatoms. The highest BCUT2D eigenvalue weighted by molar-refractivity contribution is 6.02. The van der Waals surface area contributed by atoms with Gasteiger partial charge < -0.3 is 28.7 Å². The van der Waals surface area contributed by atoms with Crippen LogP contribution < -0.4 is 24.3 Å². The molecule has 1 amide bonds. The van der Waals surface area contributed by atoms with Crippen LogP contribution in [0.5, 0.6) is 28.7 Å². The maximum atomic E-state index is 12.7. The van der Waals surface area contributed by atoms with Crippen molar-refractivity contribution in [3.8, 4) is 28.7 Å². The van der Waals surface area contributed by atoms with E-state index in [1.165, 1.54) is 24.3 Å². The van der Waals surface area contributed by atoms with Crippen LogP contribution in [0.4, 0.5) is 11.4 Å². The SMILES string of the molecule is COc1ccc(OCc2ccc(C(=O)Nc3cc(Oc4ccc(OC)cc4)cc([N+](=O)[O-])c3)o2)cc1. The molecule has 3 aromatic carbocycles. The molecule has 0 saturated carbocycles. The van der Waals surface area contributed by atoms with Crippen LogP contribution >= 0.6 is 0 Å². The summed E-state index contributed by atoms with van der Waals surface area (Å²) in [6.07, 6.45) is 0. The molecule has 0 unspecified atom stereocenters. The number of amides is 1. The number of nitro benzene ring substituents is 1. The normalized spacial score (nSPS) is 10.4. The maximum absolute atomic E-state index is 12.7. The molecule has 1 heterocycles. The van der Waals surface area contributed by atoms with Gasteiger partial charge in [-0.25, -0.2) is 0 Å². The first-order valence-corrected chi connectivity index (χ1v) is 10.7. The monoisotopic (exact) mass is 490 g/mol. The first-order chi connectivity index (χ1) is 17.4. The molecule has 0 saturated heterocycles. The van der Waals surface area contributed by atoms with Crippen molar-refractivity contribution in [2.45, 2.75) is 6.61 Å². The highest BCUT2D eigenvalue weighted by Gasteiger charge is 2.16. The van der Waals surface area contributed by atoms with Gasteiger partial charge in [-0.3, -0.25) is 14.9 Å². The zero-order valence-electron chi connectivity index (χ0n) is 19.4. The number of carbonyl (C=O) groups excluding carboxylic acids is 1. The van der Waals surface area contributed by atoms with E-state index < -0.39 is 10.8 Å². The van der Waals surface area contributed by atoms with Crippen molar-refractivity contribution in [2.24, 2.45) is 0 Å². The average Bonchev–Trinajstić information content (AvgIpc) is 3.37. The summed E-state index contributed by atoms with van der Waals surface area (Å²) in [5.41, 5.74) is -0.0746. The van der Waals surface area contributed by atoms with Gasteiger partial charge in [0.25, 0.3) is 11.6 Å². The number of rotatable bonds is 10. The Hall–Kier alpha value is -4.99. The van der Waals surface area contributed by atoms with Crippen LogP contribution in [-0.2, 0) is 6.61 Å². The van der Waals surface area contributed by atoms with Crippen molar-refractivity contribution in [3.63, 3.8) is 0 Å². The Morgan fingerprint density at radius 1 is 0.833 bits per heavy atom. The third-order valence-electron chi connectivity index (χ3n) is 4.98. The Balaban J connectivity index is 1.43. The highest BCUT2D eigenvalue weighted by Crippen LogP contribution is 2.31. The number of nitrogens with one attached hydrogen (secondary N) is 1. The van der Waals surface area contributed by atoms with Gasteiger partial charge in [0.2, 0.25) is 0 Å². The van der Waals surface area contributed by atoms with Gasteiger partial charge in [-0.05, 0) is 60.7 Å². The van der Waals surface area contributed by atoms with E-state index in [0.717, 1.165) is 0 Å². The van der Waals surface area contributed by atoms with Crippen molar-refractivity contribution < 1.29 is 33.1 Å². The smallest absolute Gasteiger partial charge is 0.291 e. The summed E-state index contributed by atoms with van der Waals surface area (Å²) in [7, 11) is 3.12. The lowest BCUT2D eigenvalue weighted by Crippen LogP contribution is -2.11. The van der Waals surface area contributed by atoms with Crippen LogP contribution in [0, 0.1) is 10.1 Å². The fourth-order valence-electron chi connectivity index (χ4n) is 3.20. The molecule has 0 fully saturated rings. The largest absolute Gasteiger partial charge is 0.497 e. The Kier molecular flexibility index (Phi) is 7.35. The summed E-state index contributed by atoms with van der Waals surface area (Å²) in [6.45, 7) is 0.107. The van der Waals surface area contributed by atoms with Crippen molar-refractivity contribution in [1.82, 2.24) is 0 Å². The number of hydrogen-bond donors (Lipinski definition) is 1. The summed E-state index contributed by atoms with van der Waals surface area (Å²) in [6, 6.07) is 20.8. The molecule has 0 aliphatic rings. The molecule has 4 aromatic rings. The molecule has 36 heavy (non-hydrogen) atoms. The van der Waals surface area contributed by atoms with Gasteiger partial charge in [0.1, 0.15) is 41.1 Å². The van der Waals surface area contributed by atoms with Gasteiger partial charge in [-0.1, -0.05) is 0 Å². The molecule has 0 radical (unpaired) electrons. The zero-order valence-corrected chi connectivity index (χ0v) is 19.4. The number of non-ortho nitro benzene ring substituents is 1. The summed E-state index contributed by atoms with van der Waals surface area (Å²) >= 11 is 0. The van der Waals surface area contributed by atoms with Gasteiger partial charge in [-0.15, -0.1) is 0 Å². The lowest BCUT2D eigenvalue weighted by Gasteiger charge is -2.09. The number of hydrogen-bond acceptors (Lipinski definition) is 8. The van der Waals surface area contributed by atoms with Gasteiger partial charge in [0.05, 0.1) is 30.9 Å². The molecule has 1 aromatic heterocycles. The Morgan fingerprint density at radius 3 is 2.06 bits per heavy atom. The predicted octanol–water partition coefficient (Wildman–Crippen LogP) is 5.83. The number of ether oxygens (including phenoxy) is 4. The lowest BCUT2D eigenvalue weighted by atomic mass is 10.2. The summed E-state index contributed by atoms with van der Waals surface area (Å²) in [4.78, 5) is 23.5. The van der Waals surface area contributed by atoms with Crippen LogP contribution in [-0.4, -0.2) is 25.1 Å². The molecule has 1 N–H and O–H groups in total. The fraction of sp³-hybridized carbons (Fsp3) is 0.115. The predicted molar refractivity (Wildman–Crippen MR) is 130 cm³/mol. The topological polar surface area (TPSA) is 122 Å². The second kappa shape index (κ2) is 11.0. The van der Waals surface area contributed by atoms with Gasteiger partial charge in [0.15, 0.2) is 5.76 Å². The Morgan fingerprint density at radius 2 is 1.44 bits per heavy atom. The van der Waals surface area contributed by atoms with Crippen molar-refractivity contribution >= 4 is 17.3 Å². The van der Waals surface area contributed by atoms with Crippen LogP contribution in [0.2, 0.25) is 0 Å². The molecule has 0 bridgehead atoms. The van der Waals surface area contributed by atoms with E-state index in [9.17, 15) is 14.9 Å². The number of furan rings is 1. The van der Waals surface area contributed by atoms with E-state index in [0.29, 0.717) is 28.8 Å². The maximum Gasteiger partial charge on any atom is 0.291 e. The third-order valence-corrected chi connectivity index (χ3v) is 4.98. The minimum Gasteiger partial charge on any atom is -0.497 e. The molecule has 0 aliphatic carbocycles. The van der Waals surface area contributed by atoms with E-state index in [1.807, 2.05) is 0 Å². The molecule has 10 nitrogen and oxygen atoms in total. The molecule has 184 valence electrons. The van der Waals surface area contributed by atoms with Gasteiger partial charge >= 0.3 is 0 Å². The number of nitrogens with zero attached hydrogens (tertiary/aromatic N) is 1.